The van der Waals surface area contributed by atoms with Gasteiger partial charge in [-0.1, -0.05) is 94.9 Å². The number of amides is 2. The highest BCUT2D eigenvalue weighted by atomic mass is 79.9. The van der Waals surface area contributed by atoms with Crippen molar-refractivity contribution < 1.29 is 19.1 Å². The van der Waals surface area contributed by atoms with Gasteiger partial charge in [0.15, 0.2) is 0 Å². The van der Waals surface area contributed by atoms with Crippen molar-refractivity contribution in [3.63, 3.8) is 0 Å². The van der Waals surface area contributed by atoms with Gasteiger partial charge < -0.3 is 19.3 Å². The predicted octanol–water partition coefficient (Wildman–Crippen LogP) is 9.56. The Hall–Kier alpha value is -3.62. The molecule has 0 aromatic heterocycles. The van der Waals surface area contributed by atoms with E-state index in [9.17, 15) is 9.59 Å². The van der Waals surface area contributed by atoms with Crippen molar-refractivity contribution in [3.05, 3.63) is 117 Å². The molecule has 0 heterocycles. The van der Waals surface area contributed by atoms with Crippen LogP contribution in [0, 0.1) is 0 Å². The molecular weight excluding hydrogens is 684 g/mol. The maximum absolute atomic E-state index is 14.3. The van der Waals surface area contributed by atoms with Crippen LogP contribution in [0.25, 0.3) is 0 Å². The summed E-state index contributed by atoms with van der Waals surface area (Å²) in [6.45, 7) is 5.73. The lowest BCUT2D eigenvalue weighted by atomic mass is 10.1. The summed E-state index contributed by atoms with van der Waals surface area (Å²) in [4.78, 5) is 32.0. The highest BCUT2D eigenvalue weighted by Gasteiger charge is 2.26. The summed E-state index contributed by atoms with van der Waals surface area (Å²) in [5, 5.41) is 0. The third kappa shape index (κ3) is 8.96. The lowest BCUT2D eigenvalue weighted by Gasteiger charge is -2.29. The molecule has 4 aromatic carbocycles. The molecule has 0 unspecified atom stereocenters. The Bertz CT molecular complexity index is 1400. The highest BCUT2D eigenvalue weighted by molar-refractivity contribution is 9.10. The largest absolute Gasteiger partial charge is 0.493 e. The van der Waals surface area contributed by atoms with Crippen LogP contribution < -0.4 is 19.3 Å². The van der Waals surface area contributed by atoms with Gasteiger partial charge >= 0.3 is 0 Å². The number of halogens is 2. The number of hydrogen-bond donors (Lipinski definition) is 0. The summed E-state index contributed by atoms with van der Waals surface area (Å²) in [7, 11) is 0. The van der Waals surface area contributed by atoms with Gasteiger partial charge in [-0.05, 0) is 73.5 Å². The van der Waals surface area contributed by atoms with Crippen molar-refractivity contribution >= 4 is 55.0 Å². The minimum absolute atomic E-state index is 0.212. The number of hydrogen-bond acceptors (Lipinski definition) is 4. The summed E-state index contributed by atoms with van der Waals surface area (Å²) in [6.07, 6.45) is 3.76. The monoisotopic (exact) mass is 720 g/mol. The molecule has 0 aliphatic heterocycles. The van der Waals surface area contributed by atoms with Crippen molar-refractivity contribution in [2.24, 2.45) is 0 Å². The molecule has 230 valence electrons. The molecule has 0 aliphatic rings. The van der Waals surface area contributed by atoms with E-state index in [1.54, 1.807) is 21.9 Å². The minimum Gasteiger partial charge on any atom is -0.493 e. The minimum atomic E-state index is -0.212. The summed E-state index contributed by atoms with van der Waals surface area (Å²) >= 11 is 7.06. The molecule has 4 rings (SSSR count). The molecule has 2 amide bonds. The number of carbonyl (C=O) groups is 2. The van der Waals surface area contributed by atoms with Crippen molar-refractivity contribution in [2.75, 3.05) is 36.1 Å². The summed E-state index contributed by atoms with van der Waals surface area (Å²) in [5.74, 6) is 0.643. The number of anilines is 2. The van der Waals surface area contributed by atoms with Crippen molar-refractivity contribution in [3.8, 4) is 11.5 Å². The fourth-order valence-corrected chi connectivity index (χ4v) is 5.37. The predicted molar refractivity (Wildman–Crippen MR) is 185 cm³/mol. The van der Waals surface area contributed by atoms with E-state index in [2.05, 4.69) is 45.7 Å². The Morgan fingerprint density at radius 3 is 1.34 bits per heavy atom. The SMILES string of the molecule is CCCCOc1ccc(Br)cc1C(=O)N(CCN(C(=O)c1cc(Br)ccc1OCCCC)c1ccccc1)c1ccccc1. The van der Waals surface area contributed by atoms with Gasteiger partial charge in [0.05, 0.1) is 24.3 Å². The number of rotatable bonds is 15. The molecule has 0 N–H and O–H groups in total. The lowest BCUT2D eigenvalue weighted by molar-refractivity contribution is 0.0963. The number of nitrogens with zero attached hydrogens (tertiary/aromatic N) is 2. The van der Waals surface area contributed by atoms with Gasteiger partial charge in [-0.15, -0.1) is 0 Å². The Labute approximate surface area is 277 Å². The van der Waals surface area contributed by atoms with Crippen LogP contribution in [0.15, 0.2) is 106 Å². The number of ether oxygens (including phenoxy) is 2. The van der Waals surface area contributed by atoms with E-state index < -0.39 is 0 Å². The molecule has 44 heavy (non-hydrogen) atoms. The molecule has 4 aromatic rings. The van der Waals surface area contributed by atoms with Crippen LogP contribution in [-0.4, -0.2) is 38.1 Å². The van der Waals surface area contributed by atoms with Gasteiger partial charge in [-0.2, -0.15) is 0 Å². The lowest BCUT2D eigenvalue weighted by Crippen LogP contribution is -2.41. The fraction of sp³-hybridized carbons (Fsp3) is 0.278. The van der Waals surface area contributed by atoms with Crippen LogP contribution in [0.4, 0.5) is 11.4 Å². The Kier molecular flexibility index (Phi) is 12.9. The molecule has 0 saturated carbocycles. The molecule has 0 atom stereocenters. The molecular formula is C36H38Br2N2O4. The Morgan fingerprint density at radius 2 is 0.977 bits per heavy atom. The van der Waals surface area contributed by atoms with Gasteiger partial charge in [0, 0.05) is 33.4 Å². The van der Waals surface area contributed by atoms with Crippen LogP contribution in [0.2, 0.25) is 0 Å². The zero-order valence-corrected chi connectivity index (χ0v) is 28.3. The number of unbranched alkanes of at least 4 members (excludes halogenated alkanes) is 2. The van der Waals surface area contributed by atoms with Crippen LogP contribution in [0.1, 0.15) is 60.2 Å². The van der Waals surface area contributed by atoms with Crippen molar-refractivity contribution in [1.82, 2.24) is 0 Å². The second kappa shape index (κ2) is 17.0. The Morgan fingerprint density at radius 1 is 0.591 bits per heavy atom. The number of para-hydroxylation sites is 2. The van der Waals surface area contributed by atoms with Crippen LogP contribution in [0.3, 0.4) is 0 Å². The first-order valence-corrected chi connectivity index (χ1v) is 16.6. The van der Waals surface area contributed by atoms with Gasteiger partial charge in [0.1, 0.15) is 11.5 Å². The van der Waals surface area contributed by atoms with Gasteiger partial charge in [-0.25, -0.2) is 0 Å². The molecule has 6 nitrogen and oxygen atoms in total. The smallest absolute Gasteiger partial charge is 0.262 e. The first-order chi connectivity index (χ1) is 21.4. The van der Waals surface area contributed by atoms with Gasteiger partial charge in [0.25, 0.3) is 11.8 Å². The second-order valence-corrected chi connectivity index (χ2v) is 12.1. The zero-order chi connectivity index (χ0) is 31.3. The van der Waals surface area contributed by atoms with Crippen molar-refractivity contribution in [1.29, 1.82) is 0 Å². The van der Waals surface area contributed by atoms with E-state index in [-0.39, 0.29) is 24.9 Å². The number of carbonyl (C=O) groups excluding carboxylic acids is 2. The fourth-order valence-electron chi connectivity index (χ4n) is 4.65. The van der Waals surface area contributed by atoms with E-state index in [0.717, 1.165) is 46.0 Å². The van der Waals surface area contributed by atoms with Crippen LogP contribution in [0.5, 0.6) is 11.5 Å². The first kappa shape index (κ1) is 33.3. The quantitative estimate of drug-likeness (QED) is 0.115. The van der Waals surface area contributed by atoms with Crippen LogP contribution >= 0.6 is 31.9 Å². The normalized spacial score (nSPS) is 10.7. The first-order valence-electron chi connectivity index (χ1n) is 15.0. The second-order valence-electron chi connectivity index (χ2n) is 10.3. The number of benzene rings is 4. The van der Waals surface area contributed by atoms with E-state index >= 15 is 0 Å². The summed E-state index contributed by atoms with van der Waals surface area (Å²) in [6, 6.07) is 30.0. The summed E-state index contributed by atoms with van der Waals surface area (Å²) in [5.41, 5.74) is 2.36. The molecule has 8 heteroatoms. The van der Waals surface area contributed by atoms with E-state index in [1.807, 2.05) is 84.9 Å². The van der Waals surface area contributed by atoms with E-state index in [0.29, 0.717) is 35.8 Å². The molecule has 0 bridgehead atoms. The van der Waals surface area contributed by atoms with E-state index in [4.69, 9.17) is 9.47 Å². The van der Waals surface area contributed by atoms with Crippen molar-refractivity contribution in [2.45, 2.75) is 39.5 Å². The molecule has 0 saturated heterocycles. The molecule has 0 radical (unpaired) electrons. The average Bonchev–Trinajstić information content (AvgIpc) is 3.05. The summed E-state index contributed by atoms with van der Waals surface area (Å²) < 4.78 is 13.6. The standard InChI is InChI=1S/C36H38Br2N2O4/c1-3-5-23-43-33-19-17-27(37)25-31(33)35(41)39(29-13-9-7-10-14-29)21-22-40(30-15-11-8-12-16-30)36(42)32-26-28(38)18-20-34(32)44-24-6-4-2/h7-20,25-26H,3-6,21-24H2,1-2H3. The molecule has 0 fully saturated rings. The maximum Gasteiger partial charge on any atom is 0.262 e. The maximum atomic E-state index is 14.3. The third-order valence-corrected chi connectivity index (χ3v) is 8.01. The zero-order valence-electron chi connectivity index (χ0n) is 25.2. The topological polar surface area (TPSA) is 59.1 Å². The molecule has 0 spiro atoms. The Balaban J connectivity index is 1.69. The van der Waals surface area contributed by atoms with Gasteiger partial charge in [0.2, 0.25) is 0 Å². The average molecular weight is 723 g/mol. The highest BCUT2D eigenvalue weighted by Crippen LogP contribution is 2.30. The van der Waals surface area contributed by atoms with E-state index in [1.165, 1.54) is 0 Å². The third-order valence-electron chi connectivity index (χ3n) is 7.03. The van der Waals surface area contributed by atoms with Crippen LogP contribution in [-0.2, 0) is 0 Å². The van der Waals surface area contributed by atoms with Gasteiger partial charge in [-0.3, -0.25) is 9.59 Å². The molecule has 0 aliphatic carbocycles.